The van der Waals surface area contributed by atoms with E-state index in [-0.39, 0.29) is 34.6 Å². The fourth-order valence-electron chi connectivity index (χ4n) is 3.94. The summed E-state index contributed by atoms with van der Waals surface area (Å²) in [5, 5.41) is 0.199. The molecule has 6 heteroatoms. The Morgan fingerprint density at radius 1 is 1.04 bits per heavy atom. The van der Waals surface area contributed by atoms with Crippen LogP contribution in [0.25, 0.3) is 0 Å². The zero-order valence-corrected chi connectivity index (χ0v) is 20.1. The largest absolute Gasteiger partial charge is 0.490 e. The maximum Gasteiger partial charge on any atom is 0.490 e. The minimum absolute atomic E-state index is 0.199. The molecular weight excluding hydrogens is 355 g/mol. The Bertz CT molecular complexity index is 621. The van der Waals surface area contributed by atoms with Gasteiger partial charge in [-0.05, 0) is 77.5 Å². The molecule has 0 N–H and O–H groups in total. The molecule has 0 aromatic rings. The van der Waals surface area contributed by atoms with E-state index in [1.807, 2.05) is 0 Å². The molecule has 3 aliphatic rings. The third-order valence-corrected chi connectivity index (χ3v) is 12.1. The summed E-state index contributed by atoms with van der Waals surface area (Å²) in [6.45, 7) is 22.8. The average Bonchev–Trinajstić information content (AvgIpc) is 2.85. The Morgan fingerprint density at radius 3 is 2.11 bits per heavy atom. The Balaban J connectivity index is 1.78. The molecule has 0 aliphatic carbocycles. The quantitative estimate of drug-likeness (QED) is 0.608. The molecule has 154 valence electrons. The summed E-state index contributed by atoms with van der Waals surface area (Å²) in [6, 6.07) is 0. The van der Waals surface area contributed by atoms with Crippen LogP contribution < -0.4 is 0 Å². The number of rotatable bonds is 4. The first-order chi connectivity index (χ1) is 12.0. The number of fused-ring (bicyclic) bond motifs is 2. The van der Waals surface area contributed by atoms with Crippen LogP contribution in [0.2, 0.25) is 18.1 Å². The van der Waals surface area contributed by atoms with Crippen LogP contribution in [-0.4, -0.2) is 44.4 Å². The molecule has 0 spiro atoms. The normalized spacial score (nSPS) is 35.5. The van der Waals surface area contributed by atoms with Crippen molar-refractivity contribution in [2.24, 2.45) is 0 Å². The number of hydrogen-bond acceptors (Lipinski definition) is 4. The summed E-state index contributed by atoms with van der Waals surface area (Å²) < 4.78 is 25.9. The van der Waals surface area contributed by atoms with E-state index in [9.17, 15) is 0 Å². The number of ether oxygens (including phenoxy) is 1. The Morgan fingerprint density at radius 2 is 1.59 bits per heavy atom. The average molecular weight is 394 g/mol. The van der Waals surface area contributed by atoms with Crippen molar-refractivity contribution < 1.29 is 18.5 Å². The van der Waals surface area contributed by atoms with Crippen LogP contribution in [0.3, 0.4) is 0 Å². The SMILES string of the molecule is CC12C=C(B3OC(C)(C)C(C)(C)O3)CC(CO[Si](C)(C)C(C)(C)C)(CC1)O2. The van der Waals surface area contributed by atoms with Crippen LogP contribution in [0.4, 0.5) is 0 Å². The Kier molecular flexibility index (Phi) is 4.94. The van der Waals surface area contributed by atoms with E-state index in [1.54, 1.807) is 0 Å². The molecule has 2 bridgehead atoms. The van der Waals surface area contributed by atoms with E-state index in [2.05, 4.69) is 74.6 Å². The summed E-state index contributed by atoms with van der Waals surface area (Å²) in [4.78, 5) is 0. The van der Waals surface area contributed by atoms with Gasteiger partial charge in [0.05, 0.1) is 29.0 Å². The van der Waals surface area contributed by atoms with Gasteiger partial charge >= 0.3 is 7.12 Å². The number of hydrogen-bond donors (Lipinski definition) is 0. The summed E-state index contributed by atoms with van der Waals surface area (Å²) in [5.41, 5.74) is 0.0911. The van der Waals surface area contributed by atoms with Gasteiger partial charge in [0, 0.05) is 0 Å². The molecule has 27 heavy (non-hydrogen) atoms. The van der Waals surface area contributed by atoms with E-state index in [1.165, 1.54) is 5.47 Å². The van der Waals surface area contributed by atoms with Crippen LogP contribution >= 0.6 is 0 Å². The van der Waals surface area contributed by atoms with E-state index >= 15 is 0 Å². The molecule has 3 aliphatic heterocycles. The second-order valence-corrected chi connectivity index (χ2v) is 16.4. The van der Waals surface area contributed by atoms with Crippen molar-refractivity contribution in [3.05, 3.63) is 11.5 Å². The highest BCUT2D eigenvalue weighted by Gasteiger charge is 2.57. The smallest absolute Gasteiger partial charge is 0.414 e. The maximum absolute atomic E-state index is 6.60. The standard InChI is InChI=1S/C21H39BO4Si/c1-17(2,3)27(9,10)23-15-21-12-11-20(8,24-21)13-16(14-21)22-25-18(4,5)19(6,7)26-22/h13H,11-12,14-15H2,1-10H3. The lowest BCUT2D eigenvalue weighted by Crippen LogP contribution is -2.49. The predicted octanol–water partition coefficient (Wildman–Crippen LogP) is 5.28. The Hall–Kier alpha value is -0.138. The van der Waals surface area contributed by atoms with Crippen LogP contribution in [0.1, 0.15) is 74.7 Å². The molecule has 2 unspecified atom stereocenters. The van der Waals surface area contributed by atoms with E-state index in [0.29, 0.717) is 6.61 Å². The van der Waals surface area contributed by atoms with Crippen molar-refractivity contribution in [3.63, 3.8) is 0 Å². The monoisotopic (exact) mass is 394 g/mol. The second-order valence-electron chi connectivity index (χ2n) is 11.6. The van der Waals surface area contributed by atoms with Gasteiger partial charge in [-0.2, -0.15) is 0 Å². The van der Waals surface area contributed by atoms with Crippen LogP contribution in [-0.2, 0) is 18.5 Å². The highest BCUT2D eigenvalue weighted by Crippen LogP contribution is 2.50. The highest BCUT2D eigenvalue weighted by atomic mass is 28.4. The fraction of sp³-hybridized carbons (Fsp3) is 0.905. The van der Waals surface area contributed by atoms with Crippen molar-refractivity contribution in [2.75, 3.05) is 6.61 Å². The topological polar surface area (TPSA) is 36.9 Å². The molecule has 2 atom stereocenters. The highest BCUT2D eigenvalue weighted by molar-refractivity contribution is 6.74. The Labute approximate surface area is 167 Å². The van der Waals surface area contributed by atoms with Crippen LogP contribution in [0.5, 0.6) is 0 Å². The van der Waals surface area contributed by atoms with Gasteiger partial charge in [0.1, 0.15) is 0 Å². The molecule has 4 nitrogen and oxygen atoms in total. The lowest BCUT2D eigenvalue weighted by molar-refractivity contribution is -0.102. The van der Waals surface area contributed by atoms with Crippen molar-refractivity contribution in [3.8, 4) is 0 Å². The first-order valence-electron chi connectivity index (χ1n) is 10.4. The lowest BCUT2D eigenvalue weighted by Gasteiger charge is -2.42. The molecule has 0 aromatic carbocycles. The van der Waals surface area contributed by atoms with Gasteiger partial charge in [0.25, 0.3) is 0 Å². The predicted molar refractivity (Wildman–Crippen MR) is 113 cm³/mol. The van der Waals surface area contributed by atoms with Crippen LogP contribution in [0.15, 0.2) is 11.5 Å². The van der Waals surface area contributed by atoms with Gasteiger partial charge in [-0.15, -0.1) is 0 Å². The second kappa shape index (κ2) is 6.18. The lowest BCUT2D eigenvalue weighted by atomic mass is 9.70. The van der Waals surface area contributed by atoms with E-state index in [0.717, 1.165) is 19.3 Å². The molecule has 3 heterocycles. The molecule has 0 radical (unpaired) electrons. The third-order valence-electron chi connectivity index (χ3n) is 7.60. The van der Waals surface area contributed by atoms with Gasteiger partial charge < -0.3 is 18.5 Å². The summed E-state index contributed by atoms with van der Waals surface area (Å²) in [7, 11) is -2.11. The van der Waals surface area contributed by atoms with Gasteiger partial charge in [0.15, 0.2) is 8.32 Å². The fourth-order valence-corrected chi connectivity index (χ4v) is 5.00. The van der Waals surface area contributed by atoms with E-state index < -0.39 is 8.32 Å². The first-order valence-corrected chi connectivity index (χ1v) is 13.3. The zero-order chi connectivity index (χ0) is 20.5. The summed E-state index contributed by atoms with van der Waals surface area (Å²) in [6.07, 6.45) is 5.13. The summed E-state index contributed by atoms with van der Waals surface area (Å²) >= 11 is 0. The van der Waals surface area contributed by atoms with Crippen molar-refractivity contribution in [1.29, 1.82) is 0 Å². The maximum atomic E-state index is 6.60. The molecule has 0 amide bonds. The van der Waals surface area contributed by atoms with Gasteiger partial charge in [0.2, 0.25) is 0 Å². The third kappa shape index (κ3) is 3.85. The molecule has 2 saturated heterocycles. The molecular formula is C21H39BO4Si. The first kappa shape index (κ1) is 21.6. The minimum atomic E-state index is -1.82. The van der Waals surface area contributed by atoms with Crippen molar-refractivity contribution >= 4 is 15.4 Å². The molecule has 2 fully saturated rings. The van der Waals surface area contributed by atoms with Crippen LogP contribution in [0, 0.1) is 0 Å². The van der Waals surface area contributed by atoms with Gasteiger partial charge in [-0.25, -0.2) is 0 Å². The zero-order valence-electron chi connectivity index (χ0n) is 19.1. The van der Waals surface area contributed by atoms with Gasteiger partial charge in [-0.3, -0.25) is 0 Å². The van der Waals surface area contributed by atoms with Crippen molar-refractivity contribution in [2.45, 2.75) is 115 Å². The molecule has 0 aromatic heterocycles. The van der Waals surface area contributed by atoms with Gasteiger partial charge in [-0.1, -0.05) is 26.8 Å². The van der Waals surface area contributed by atoms with E-state index in [4.69, 9.17) is 18.5 Å². The molecule has 0 saturated carbocycles. The minimum Gasteiger partial charge on any atom is -0.414 e. The summed E-state index contributed by atoms with van der Waals surface area (Å²) in [5.74, 6) is 0. The van der Waals surface area contributed by atoms with Crippen molar-refractivity contribution in [1.82, 2.24) is 0 Å². The molecule has 3 rings (SSSR count).